The molecule has 1 heterocycles. The van der Waals surface area contributed by atoms with Crippen LogP contribution in [0.4, 0.5) is 0 Å². The first-order chi connectivity index (χ1) is 7.72. The molecule has 16 heavy (non-hydrogen) atoms. The van der Waals surface area contributed by atoms with Crippen molar-refractivity contribution in [3.8, 4) is 0 Å². The average molecular weight is 264 g/mol. The van der Waals surface area contributed by atoms with E-state index in [4.69, 9.17) is 16.3 Å². The lowest BCUT2D eigenvalue weighted by Gasteiger charge is -2.11. The van der Waals surface area contributed by atoms with Gasteiger partial charge in [-0.25, -0.2) is 0 Å². The summed E-state index contributed by atoms with van der Waals surface area (Å²) in [6.45, 7) is 4.37. The topological polar surface area (TPSA) is 41.5 Å². The van der Waals surface area contributed by atoms with Gasteiger partial charge in [-0.15, -0.1) is 11.3 Å². The minimum absolute atomic E-state index is 0.397. The monoisotopic (exact) mass is 263 g/mol. The lowest BCUT2D eigenvalue weighted by atomic mass is 10.3. The van der Waals surface area contributed by atoms with Crippen molar-refractivity contribution >= 4 is 22.9 Å². The van der Waals surface area contributed by atoms with Crippen LogP contribution in [0.15, 0.2) is 12.1 Å². The first-order valence-electron chi connectivity index (χ1n) is 5.43. The largest absolute Gasteiger partial charge is 0.389 e. The molecule has 0 radical (unpaired) electrons. The second kappa shape index (κ2) is 8.03. The Kier molecular flexibility index (Phi) is 7.00. The number of halogens is 1. The molecule has 3 nitrogen and oxygen atoms in total. The molecule has 1 rings (SSSR count). The molecule has 1 aromatic heterocycles. The summed E-state index contributed by atoms with van der Waals surface area (Å²) in [6, 6.07) is 3.94. The van der Waals surface area contributed by atoms with Crippen molar-refractivity contribution in [3.63, 3.8) is 0 Å². The predicted octanol–water partition coefficient (Wildman–Crippen LogP) is 1.93. The smallest absolute Gasteiger partial charge is 0.0931 e. The molecule has 0 bridgehead atoms. The second-order valence-electron chi connectivity index (χ2n) is 3.47. The molecule has 92 valence electrons. The van der Waals surface area contributed by atoms with E-state index in [-0.39, 0.29) is 0 Å². The molecule has 1 unspecified atom stereocenters. The summed E-state index contributed by atoms with van der Waals surface area (Å²) >= 11 is 7.42. The molecule has 1 aromatic rings. The minimum atomic E-state index is -0.424. The molecule has 0 fully saturated rings. The minimum Gasteiger partial charge on any atom is -0.389 e. The number of thiophene rings is 1. The molecule has 5 heteroatoms. The van der Waals surface area contributed by atoms with Gasteiger partial charge in [-0.1, -0.05) is 11.6 Å². The van der Waals surface area contributed by atoms with Gasteiger partial charge in [0.25, 0.3) is 0 Å². The Bertz CT molecular complexity index is 293. The summed E-state index contributed by atoms with van der Waals surface area (Å²) in [5.74, 6) is 0. The van der Waals surface area contributed by atoms with E-state index in [1.165, 1.54) is 4.88 Å². The summed E-state index contributed by atoms with van der Waals surface area (Å²) in [5, 5.41) is 12.7. The van der Waals surface area contributed by atoms with Crippen molar-refractivity contribution in [1.29, 1.82) is 0 Å². The van der Waals surface area contributed by atoms with Gasteiger partial charge in [-0.2, -0.15) is 0 Å². The van der Waals surface area contributed by atoms with E-state index in [9.17, 15) is 5.11 Å². The van der Waals surface area contributed by atoms with Gasteiger partial charge in [0.1, 0.15) is 0 Å². The van der Waals surface area contributed by atoms with Gasteiger partial charge >= 0.3 is 0 Å². The molecule has 0 aliphatic rings. The Morgan fingerprint density at radius 3 is 3.00 bits per heavy atom. The lowest BCUT2D eigenvalue weighted by molar-refractivity contribution is 0.0430. The molecule has 0 amide bonds. The van der Waals surface area contributed by atoms with Crippen molar-refractivity contribution in [2.75, 3.05) is 26.3 Å². The number of hydrogen-bond acceptors (Lipinski definition) is 4. The van der Waals surface area contributed by atoms with E-state index < -0.39 is 6.10 Å². The molecule has 0 saturated carbocycles. The zero-order valence-electron chi connectivity index (χ0n) is 9.41. The fourth-order valence-corrected chi connectivity index (χ4v) is 2.37. The van der Waals surface area contributed by atoms with Gasteiger partial charge in [0.05, 0.1) is 17.0 Å². The quantitative estimate of drug-likeness (QED) is 0.705. The maximum atomic E-state index is 9.48. The van der Waals surface area contributed by atoms with Gasteiger partial charge in [0.15, 0.2) is 0 Å². The van der Waals surface area contributed by atoms with Crippen LogP contribution < -0.4 is 5.32 Å². The maximum Gasteiger partial charge on any atom is 0.0931 e. The van der Waals surface area contributed by atoms with E-state index >= 15 is 0 Å². The Morgan fingerprint density at radius 2 is 2.38 bits per heavy atom. The molecular formula is C11H18ClNO2S. The third-order valence-electron chi connectivity index (χ3n) is 2.07. The number of rotatable bonds is 8. The summed E-state index contributed by atoms with van der Waals surface area (Å²) in [4.78, 5) is 1.26. The maximum absolute atomic E-state index is 9.48. The van der Waals surface area contributed by atoms with E-state index in [2.05, 4.69) is 5.32 Å². The highest BCUT2D eigenvalue weighted by atomic mass is 35.5. The van der Waals surface area contributed by atoms with Gasteiger partial charge < -0.3 is 15.2 Å². The van der Waals surface area contributed by atoms with Gasteiger partial charge in [0.2, 0.25) is 0 Å². The van der Waals surface area contributed by atoms with Crippen molar-refractivity contribution in [2.45, 2.75) is 19.4 Å². The normalized spacial score (nSPS) is 12.9. The molecule has 0 aromatic carbocycles. The van der Waals surface area contributed by atoms with Crippen LogP contribution in [0.1, 0.15) is 11.8 Å². The number of nitrogens with one attached hydrogen (secondary N) is 1. The molecule has 0 spiro atoms. The van der Waals surface area contributed by atoms with E-state index in [0.717, 1.165) is 17.3 Å². The van der Waals surface area contributed by atoms with Crippen molar-refractivity contribution in [1.82, 2.24) is 5.32 Å². The SMILES string of the molecule is CCOCC(O)CNCCc1ccc(Cl)s1. The number of ether oxygens (including phenoxy) is 1. The average Bonchev–Trinajstić information content (AvgIpc) is 2.67. The van der Waals surface area contributed by atoms with Gasteiger partial charge in [0, 0.05) is 24.6 Å². The van der Waals surface area contributed by atoms with Crippen LogP contribution in [0.25, 0.3) is 0 Å². The number of hydrogen-bond donors (Lipinski definition) is 2. The number of aliphatic hydroxyl groups is 1. The highest BCUT2D eigenvalue weighted by Crippen LogP contribution is 2.21. The van der Waals surface area contributed by atoms with Crippen LogP contribution in [0.5, 0.6) is 0 Å². The summed E-state index contributed by atoms with van der Waals surface area (Å²) in [5.41, 5.74) is 0. The van der Waals surface area contributed by atoms with E-state index in [1.54, 1.807) is 11.3 Å². The molecule has 0 aliphatic heterocycles. The third-order valence-corrected chi connectivity index (χ3v) is 3.36. The van der Waals surface area contributed by atoms with Crippen LogP contribution >= 0.6 is 22.9 Å². The Labute approximate surface area is 105 Å². The predicted molar refractivity (Wildman–Crippen MR) is 68.4 cm³/mol. The van der Waals surface area contributed by atoms with E-state index in [0.29, 0.717) is 19.8 Å². The van der Waals surface area contributed by atoms with Crippen molar-refractivity contribution in [2.24, 2.45) is 0 Å². The molecule has 1 atom stereocenters. The molecular weight excluding hydrogens is 246 g/mol. The Hall–Kier alpha value is -0.130. The van der Waals surface area contributed by atoms with Crippen LogP contribution in [0.3, 0.4) is 0 Å². The first-order valence-corrected chi connectivity index (χ1v) is 6.62. The Balaban J connectivity index is 2.03. The first kappa shape index (κ1) is 13.9. The molecule has 0 saturated heterocycles. The summed E-state index contributed by atoms with van der Waals surface area (Å²) < 4.78 is 5.93. The fourth-order valence-electron chi connectivity index (χ4n) is 1.28. The van der Waals surface area contributed by atoms with Gasteiger partial charge in [-0.05, 0) is 25.5 Å². The van der Waals surface area contributed by atoms with E-state index in [1.807, 2.05) is 19.1 Å². The highest BCUT2D eigenvalue weighted by molar-refractivity contribution is 7.16. The zero-order valence-corrected chi connectivity index (χ0v) is 11.0. The number of aliphatic hydroxyl groups excluding tert-OH is 1. The second-order valence-corrected chi connectivity index (χ2v) is 5.27. The summed E-state index contributed by atoms with van der Waals surface area (Å²) in [6.07, 6.45) is 0.519. The van der Waals surface area contributed by atoms with Crippen LogP contribution in [0.2, 0.25) is 4.34 Å². The zero-order chi connectivity index (χ0) is 11.8. The highest BCUT2D eigenvalue weighted by Gasteiger charge is 2.03. The van der Waals surface area contributed by atoms with Crippen molar-refractivity contribution < 1.29 is 9.84 Å². The summed E-state index contributed by atoms with van der Waals surface area (Å²) in [7, 11) is 0. The standard InChI is InChI=1S/C11H18ClNO2S/c1-2-15-8-9(14)7-13-6-5-10-3-4-11(12)16-10/h3-4,9,13-14H,2,5-8H2,1H3. The van der Waals surface area contributed by atoms with Crippen LogP contribution in [-0.4, -0.2) is 37.5 Å². The van der Waals surface area contributed by atoms with Crippen LogP contribution in [0, 0.1) is 0 Å². The van der Waals surface area contributed by atoms with Gasteiger partial charge in [-0.3, -0.25) is 0 Å². The fraction of sp³-hybridized carbons (Fsp3) is 0.636. The van der Waals surface area contributed by atoms with Crippen molar-refractivity contribution in [3.05, 3.63) is 21.3 Å². The Morgan fingerprint density at radius 1 is 1.56 bits per heavy atom. The molecule has 0 aliphatic carbocycles. The lowest BCUT2D eigenvalue weighted by Crippen LogP contribution is -2.31. The van der Waals surface area contributed by atoms with Crippen LogP contribution in [-0.2, 0) is 11.2 Å². The third kappa shape index (κ3) is 5.82. The molecule has 2 N–H and O–H groups in total.